The Morgan fingerprint density at radius 2 is 2.00 bits per heavy atom. The Balaban J connectivity index is 2.58. The molecule has 0 spiro atoms. The predicted molar refractivity (Wildman–Crippen MR) is 54.8 cm³/mol. The van der Waals surface area contributed by atoms with Crippen molar-refractivity contribution in [2.45, 2.75) is 38.9 Å². The average Bonchev–Trinajstić information content (AvgIpc) is 2.09. The fraction of sp³-hybridized carbons (Fsp3) is 1.00. The molecule has 0 radical (unpaired) electrons. The minimum atomic E-state index is 0.268. The Kier molecular flexibility index (Phi) is 3.71. The van der Waals surface area contributed by atoms with Crippen molar-refractivity contribution in [3.8, 4) is 0 Å². The summed E-state index contributed by atoms with van der Waals surface area (Å²) in [6.45, 7) is 9.03. The van der Waals surface area contributed by atoms with Gasteiger partial charge >= 0.3 is 0 Å². The highest BCUT2D eigenvalue weighted by Crippen LogP contribution is 2.15. The molecular weight excluding hydrogens is 164 g/mol. The molecule has 1 heterocycles. The maximum Gasteiger partial charge on any atom is 0.0599 e. The van der Waals surface area contributed by atoms with E-state index in [1.54, 1.807) is 0 Å². The summed E-state index contributed by atoms with van der Waals surface area (Å²) in [5.41, 5.74) is 0. The Bertz CT molecular complexity index is 161. The fourth-order valence-electron chi connectivity index (χ4n) is 1.91. The molecule has 1 rings (SSSR count). The highest BCUT2D eigenvalue weighted by molar-refractivity contribution is 4.85. The Hall–Kier alpha value is -0.120. The molecular formula is C10H22N2O. The molecule has 1 saturated heterocycles. The van der Waals surface area contributed by atoms with E-state index in [2.05, 4.69) is 37.6 Å². The number of hydrogen-bond acceptors (Lipinski definition) is 3. The minimum Gasteiger partial charge on any atom is -0.395 e. The molecule has 0 aliphatic carbocycles. The Morgan fingerprint density at radius 3 is 2.46 bits per heavy atom. The largest absolute Gasteiger partial charge is 0.395 e. The first-order valence-corrected chi connectivity index (χ1v) is 5.13. The van der Waals surface area contributed by atoms with Gasteiger partial charge in [-0.15, -0.1) is 0 Å². The van der Waals surface area contributed by atoms with Gasteiger partial charge in [0.25, 0.3) is 0 Å². The quantitative estimate of drug-likeness (QED) is 0.676. The van der Waals surface area contributed by atoms with Crippen molar-refractivity contribution in [2.24, 2.45) is 0 Å². The van der Waals surface area contributed by atoms with E-state index in [0.29, 0.717) is 18.1 Å². The molecule has 1 N–H and O–H groups in total. The number of likely N-dealkylation sites (N-methyl/N-ethyl adjacent to an activating group) is 1. The summed E-state index contributed by atoms with van der Waals surface area (Å²) >= 11 is 0. The summed E-state index contributed by atoms with van der Waals surface area (Å²) in [7, 11) is 2.10. The van der Waals surface area contributed by atoms with Crippen LogP contribution in [0.3, 0.4) is 0 Å². The molecule has 3 heteroatoms. The van der Waals surface area contributed by atoms with E-state index in [1.807, 2.05) is 0 Å². The van der Waals surface area contributed by atoms with Crippen LogP contribution < -0.4 is 0 Å². The lowest BCUT2D eigenvalue weighted by Gasteiger charge is -2.44. The van der Waals surface area contributed by atoms with Crippen molar-refractivity contribution in [3.05, 3.63) is 0 Å². The van der Waals surface area contributed by atoms with E-state index in [0.717, 1.165) is 13.1 Å². The molecule has 0 aromatic carbocycles. The molecule has 0 amide bonds. The van der Waals surface area contributed by atoms with Crippen LogP contribution in [0.15, 0.2) is 0 Å². The van der Waals surface area contributed by atoms with Crippen molar-refractivity contribution in [3.63, 3.8) is 0 Å². The van der Waals surface area contributed by atoms with Crippen LogP contribution >= 0.6 is 0 Å². The van der Waals surface area contributed by atoms with Crippen LogP contribution in [0.25, 0.3) is 0 Å². The second kappa shape index (κ2) is 4.40. The number of piperazine rings is 1. The van der Waals surface area contributed by atoms with Crippen LogP contribution in [0, 0.1) is 0 Å². The van der Waals surface area contributed by atoms with E-state index >= 15 is 0 Å². The lowest BCUT2D eigenvalue weighted by atomic mass is 10.1. The summed E-state index contributed by atoms with van der Waals surface area (Å²) in [5.74, 6) is 0. The third kappa shape index (κ3) is 2.42. The summed E-state index contributed by atoms with van der Waals surface area (Å²) in [5, 5.41) is 9.21. The van der Waals surface area contributed by atoms with Gasteiger partial charge in [0.05, 0.1) is 6.61 Å². The van der Waals surface area contributed by atoms with Gasteiger partial charge in [0.1, 0.15) is 0 Å². The fourth-order valence-corrected chi connectivity index (χ4v) is 1.91. The zero-order valence-electron chi connectivity index (χ0n) is 9.20. The van der Waals surface area contributed by atoms with Gasteiger partial charge in [-0.05, 0) is 27.8 Å². The van der Waals surface area contributed by atoms with Crippen molar-refractivity contribution in [1.82, 2.24) is 9.80 Å². The van der Waals surface area contributed by atoms with Crippen molar-refractivity contribution >= 4 is 0 Å². The molecule has 2 atom stereocenters. The topological polar surface area (TPSA) is 26.7 Å². The van der Waals surface area contributed by atoms with Crippen LogP contribution in [0.4, 0.5) is 0 Å². The molecule has 78 valence electrons. The van der Waals surface area contributed by atoms with Gasteiger partial charge in [0, 0.05) is 31.2 Å². The first-order chi connectivity index (χ1) is 6.06. The lowest BCUT2D eigenvalue weighted by Crippen LogP contribution is -2.58. The van der Waals surface area contributed by atoms with Gasteiger partial charge in [-0.3, -0.25) is 9.80 Å². The second-order valence-corrected chi connectivity index (χ2v) is 4.40. The number of nitrogens with zero attached hydrogens (tertiary/aromatic N) is 2. The van der Waals surface area contributed by atoms with E-state index in [4.69, 9.17) is 0 Å². The Morgan fingerprint density at radius 1 is 1.38 bits per heavy atom. The molecule has 0 bridgehead atoms. The average molecular weight is 186 g/mol. The van der Waals surface area contributed by atoms with Crippen LogP contribution in [-0.2, 0) is 0 Å². The molecule has 1 fully saturated rings. The van der Waals surface area contributed by atoms with Crippen molar-refractivity contribution in [2.75, 3.05) is 26.7 Å². The van der Waals surface area contributed by atoms with Gasteiger partial charge < -0.3 is 5.11 Å². The summed E-state index contributed by atoms with van der Waals surface area (Å²) in [4.78, 5) is 4.71. The van der Waals surface area contributed by atoms with E-state index < -0.39 is 0 Å². The standard InChI is InChI=1S/C10H22N2O/c1-8(2)12-5-9(3)11(4)10(6-12)7-13/h8-10,13H,5-7H2,1-4H3. The van der Waals surface area contributed by atoms with Crippen LogP contribution in [0.5, 0.6) is 0 Å². The SMILES string of the molecule is CC(C)N1CC(C)N(C)C(CO)C1. The molecule has 0 aromatic rings. The van der Waals surface area contributed by atoms with Crippen LogP contribution in [0.1, 0.15) is 20.8 Å². The van der Waals surface area contributed by atoms with Gasteiger partial charge in [-0.25, -0.2) is 0 Å². The summed E-state index contributed by atoms with van der Waals surface area (Å²) < 4.78 is 0. The van der Waals surface area contributed by atoms with Crippen molar-refractivity contribution in [1.29, 1.82) is 0 Å². The van der Waals surface area contributed by atoms with Crippen LogP contribution in [-0.4, -0.2) is 59.8 Å². The third-order valence-corrected chi connectivity index (χ3v) is 3.16. The Labute approximate surface area is 81.3 Å². The summed E-state index contributed by atoms with van der Waals surface area (Å²) in [6, 6.07) is 1.45. The number of rotatable bonds is 2. The summed E-state index contributed by atoms with van der Waals surface area (Å²) in [6.07, 6.45) is 0. The third-order valence-electron chi connectivity index (χ3n) is 3.16. The lowest BCUT2D eigenvalue weighted by molar-refractivity contribution is 0.00933. The number of aliphatic hydroxyl groups is 1. The molecule has 1 aliphatic heterocycles. The number of aliphatic hydroxyl groups excluding tert-OH is 1. The maximum absolute atomic E-state index is 9.21. The highest BCUT2D eigenvalue weighted by atomic mass is 16.3. The normalized spacial score (nSPS) is 32.8. The van der Waals surface area contributed by atoms with E-state index in [-0.39, 0.29) is 6.61 Å². The zero-order chi connectivity index (χ0) is 10.0. The van der Waals surface area contributed by atoms with Gasteiger partial charge in [0.2, 0.25) is 0 Å². The molecule has 2 unspecified atom stereocenters. The maximum atomic E-state index is 9.21. The smallest absolute Gasteiger partial charge is 0.0599 e. The molecule has 3 nitrogen and oxygen atoms in total. The van der Waals surface area contributed by atoms with E-state index in [1.165, 1.54) is 0 Å². The van der Waals surface area contributed by atoms with Gasteiger partial charge in [0.15, 0.2) is 0 Å². The molecule has 0 aromatic heterocycles. The zero-order valence-corrected chi connectivity index (χ0v) is 9.20. The second-order valence-electron chi connectivity index (χ2n) is 4.40. The molecule has 1 aliphatic rings. The molecule has 0 saturated carbocycles. The first-order valence-electron chi connectivity index (χ1n) is 5.13. The van der Waals surface area contributed by atoms with E-state index in [9.17, 15) is 5.11 Å². The predicted octanol–water partition coefficient (Wildman–Crippen LogP) is 0.392. The van der Waals surface area contributed by atoms with Crippen LogP contribution in [0.2, 0.25) is 0 Å². The first kappa shape index (κ1) is 11.0. The monoisotopic (exact) mass is 186 g/mol. The van der Waals surface area contributed by atoms with Gasteiger partial charge in [-0.2, -0.15) is 0 Å². The van der Waals surface area contributed by atoms with Gasteiger partial charge in [-0.1, -0.05) is 0 Å². The van der Waals surface area contributed by atoms with Crippen molar-refractivity contribution < 1.29 is 5.11 Å². The highest BCUT2D eigenvalue weighted by Gasteiger charge is 2.29. The molecule has 13 heavy (non-hydrogen) atoms. The minimum absolute atomic E-state index is 0.268. The number of hydrogen-bond donors (Lipinski definition) is 1.